The molecule has 0 fully saturated rings. The molecule has 0 aliphatic heterocycles. The molecule has 0 aliphatic carbocycles. The Bertz CT molecular complexity index is 646. The Morgan fingerprint density at radius 2 is 2.20 bits per heavy atom. The first-order valence-electron chi connectivity index (χ1n) is 5.93. The van der Waals surface area contributed by atoms with Crippen molar-refractivity contribution in [1.82, 2.24) is 15.3 Å². The molecule has 0 unspecified atom stereocenters. The number of amides is 2. The first-order valence-corrected chi connectivity index (χ1v) is 5.93. The molecule has 6 nitrogen and oxygen atoms in total. The van der Waals surface area contributed by atoms with Gasteiger partial charge in [-0.3, -0.25) is 14.6 Å². The standard InChI is InChI=1S/C14H14N4O2/c1-9(11-4-2-3-5-16-11)10-6-12(17-7-10)14(20)18-8-13(15)19/h2-7,17H,1,8H2,(H2,15,19)(H,18,20). The number of pyridine rings is 1. The summed E-state index contributed by atoms with van der Waals surface area (Å²) in [5.41, 5.74) is 7.49. The third kappa shape index (κ3) is 3.11. The lowest BCUT2D eigenvalue weighted by Crippen LogP contribution is -2.33. The predicted octanol–water partition coefficient (Wildman–Crippen LogP) is 0.686. The second-order valence-corrected chi connectivity index (χ2v) is 4.14. The van der Waals surface area contributed by atoms with E-state index in [9.17, 15) is 9.59 Å². The van der Waals surface area contributed by atoms with Gasteiger partial charge in [0.2, 0.25) is 5.91 Å². The molecule has 0 atom stereocenters. The van der Waals surface area contributed by atoms with E-state index in [-0.39, 0.29) is 6.54 Å². The third-order valence-corrected chi connectivity index (χ3v) is 2.67. The SMILES string of the molecule is C=C(c1c[nH]c(C(=O)NCC(N)=O)c1)c1ccccn1. The summed E-state index contributed by atoms with van der Waals surface area (Å²) in [6.07, 6.45) is 3.34. The zero-order chi connectivity index (χ0) is 14.5. The van der Waals surface area contributed by atoms with Gasteiger partial charge in [-0.1, -0.05) is 12.6 Å². The van der Waals surface area contributed by atoms with Crippen LogP contribution in [-0.4, -0.2) is 28.3 Å². The number of hydrogen-bond acceptors (Lipinski definition) is 3. The molecule has 102 valence electrons. The van der Waals surface area contributed by atoms with Gasteiger partial charge in [0.1, 0.15) is 5.69 Å². The molecule has 0 aliphatic rings. The third-order valence-electron chi connectivity index (χ3n) is 2.67. The van der Waals surface area contributed by atoms with Crippen molar-refractivity contribution < 1.29 is 9.59 Å². The van der Waals surface area contributed by atoms with E-state index in [1.54, 1.807) is 18.5 Å². The summed E-state index contributed by atoms with van der Waals surface area (Å²) in [4.78, 5) is 29.4. The Morgan fingerprint density at radius 1 is 1.40 bits per heavy atom. The number of rotatable bonds is 5. The van der Waals surface area contributed by atoms with E-state index < -0.39 is 11.8 Å². The minimum Gasteiger partial charge on any atom is -0.368 e. The Morgan fingerprint density at radius 3 is 2.85 bits per heavy atom. The van der Waals surface area contributed by atoms with E-state index >= 15 is 0 Å². The Hall–Kier alpha value is -2.89. The summed E-state index contributed by atoms with van der Waals surface area (Å²) >= 11 is 0. The Balaban J connectivity index is 2.11. The summed E-state index contributed by atoms with van der Waals surface area (Å²) in [6, 6.07) is 7.16. The molecule has 2 heterocycles. The van der Waals surface area contributed by atoms with E-state index in [1.807, 2.05) is 18.2 Å². The molecule has 2 rings (SSSR count). The van der Waals surface area contributed by atoms with Crippen LogP contribution < -0.4 is 11.1 Å². The van der Waals surface area contributed by atoms with Crippen LogP contribution in [0.5, 0.6) is 0 Å². The van der Waals surface area contributed by atoms with Gasteiger partial charge < -0.3 is 16.0 Å². The maximum absolute atomic E-state index is 11.7. The monoisotopic (exact) mass is 270 g/mol. The molecule has 2 amide bonds. The molecule has 2 aromatic heterocycles. The van der Waals surface area contributed by atoms with Gasteiger partial charge in [-0.15, -0.1) is 0 Å². The van der Waals surface area contributed by atoms with Gasteiger partial charge in [0.05, 0.1) is 12.2 Å². The largest absolute Gasteiger partial charge is 0.368 e. The highest BCUT2D eigenvalue weighted by molar-refractivity contribution is 5.96. The number of H-pyrrole nitrogens is 1. The van der Waals surface area contributed by atoms with Gasteiger partial charge in [0, 0.05) is 23.5 Å². The fourth-order valence-electron chi connectivity index (χ4n) is 1.65. The molecule has 0 saturated carbocycles. The van der Waals surface area contributed by atoms with Crippen molar-refractivity contribution in [2.75, 3.05) is 6.54 Å². The smallest absolute Gasteiger partial charge is 0.268 e. The predicted molar refractivity (Wildman–Crippen MR) is 74.7 cm³/mol. The van der Waals surface area contributed by atoms with Crippen molar-refractivity contribution in [1.29, 1.82) is 0 Å². The number of carbonyl (C=O) groups is 2. The average Bonchev–Trinajstić information content (AvgIpc) is 2.94. The Kier molecular flexibility index (Phi) is 3.95. The van der Waals surface area contributed by atoms with Crippen LogP contribution in [0.4, 0.5) is 0 Å². The highest BCUT2D eigenvalue weighted by atomic mass is 16.2. The number of carbonyl (C=O) groups excluding carboxylic acids is 2. The molecular formula is C14H14N4O2. The number of primary amides is 1. The lowest BCUT2D eigenvalue weighted by molar-refractivity contribution is -0.117. The summed E-state index contributed by atoms with van der Waals surface area (Å²) in [5, 5.41) is 2.40. The number of nitrogens with zero attached hydrogens (tertiary/aromatic N) is 1. The minimum atomic E-state index is -0.594. The van der Waals surface area contributed by atoms with Crippen molar-refractivity contribution in [2.24, 2.45) is 5.73 Å². The second kappa shape index (κ2) is 5.83. The van der Waals surface area contributed by atoms with Crippen LogP contribution >= 0.6 is 0 Å². The van der Waals surface area contributed by atoms with Crippen molar-refractivity contribution in [3.8, 4) is 0 Å². The van der Waals surface area contributed by atoms with E-state index in [1.165, 1.54) is 0 Å². The van der Waals surface area contributed by atoms with Crippen LogP contribution in [0, 0.1) is 0 Å². The van der Waals surface area contributed by atoms with Crippen LogP contribution in [-0.2, 0) is 4.79 Å². The van der Waals surface area contributed by atoms with Gasteiger partial charge in [0.25, 0.3) is 5.91 Å². The summed E-state index contributed by atoms with van der Waals surface area (Å²) in [7, 11) is 0. The Labute approximate surface area is 115 Å². The summed E-state index contributed by atoms with van der Waals surface area (Å²) in [6.45, 7) is 3.75. The second-order valence-electron chi connectivity index (χ2n) is 4.14. The molecular weight excluding hydrogens is 256 g/mol. The lowest BCUT2D eigenvalue weighted by atomic mass is 10.1. The highest BCUT2D eigenvalue weighted by Crippen LogP contribution is 2.20. The first-order chi connectivity index (χ1) is 9.58. The summed E-state index contributed by atoms with van der Waals surface area (Å²) < 4.78 is 0. The zero-order valence-electron chi connectivity index (χ0n) is 10.7. The molecule has 2 aromatic rings. The quantitative estimate of drug-likeness (QED) is 0.744. The van der Waals surface area contributed by atoms with E-state index in [4.69, 9.17) is 5.73 Å². The molecule has 4 N–H and O–H groups in total. The molecule has 0 bridgehead atoms. The fraction of sp³-hybridized carbons (Fsp3) is 0.0714. The molecule has 0 radical (unpaired) electrons. The number of hydrogen-bond donors (Lipinski definition) is 3. The van der Waals surface area contributed by atoms with Crippen molar-refractivity contribution in [3.05, 3.63) is 60.2 Å². The zero-order valence-corrected chi connectivity index (χ0v) is 10.7. The van der Waals surface area contributed by atoms with Crippen LogP contribution in [0.1, 0.15) is 21.7 Å². The van der Waals surface area contributed by atoms with Crippen LogP contribution in [0.15, 0.2) is 43.2 Å². The van der Waals surface area contributed by atoms with Gasteiger partial charge in [-0.2, -0.15) is 0 Å². The van der Waals surface area contributed by atoms with Gasteiger partial charge >= 0.3 is 0 Å². The molecule has 0 aromatic carbocycles. The van der Waals surface area contributed by atoms with Crippen LogP contribution in [0.25, 0.3) is 5.57 Å². The van der Waals surface area contributed by atoms with Crippen LogP contribution in [0.2, 0.25) is 0 Å². The fourth-order valence-corrected chi connectivity index (χ4v) is 1.65. The number of aromatic nitrogens is 2. The molecule has 0 saturated heterocycles. The maximum atomic E-state index is 11.7. The maximum Gasteiger partial charge on any atom is 0.268 e. The molecule has 20 heavy (non-hydrogen) atoms. The molecule has 6 heteroatoms. The van der Waals surface area contributed by atoms with E-state index in [2.05, 4.69) is 21.9 Å². The normalized spacial score (nSPS) is 10.0. The topological polar surface area (TPSA) is 101 Å². The van der Waals surface area contributed by atoms with E-state index in [0.717, 1.165) is 11.3 Å². The average molecular weight is 270 g/mol. The van der Waals surface area contributed by atoms with Gasteiger partial charge in [0.15, 0.2) is 0 Å². The van der Waals surface area contributed by atoms with E-state index in [0.29, 0.717) is 11.3 Å². The lowest BCUT2D eigenvalue weighted by Gasteiger charge is -2.01. The number of nitrogens with two attached hydrogens (primary N) is 1. The number of aromatic amines is 1. The van der Waals surface area contributed by atoms with Gasteiger partial charge in [-0.25, -0.2) is 0 Å². The molecule has 0 spiro atoms. The minimum absolute atomic E-state index is 0.200. The highest BCUT2D eigenvalue weighted by Gasteiger charge is 2.11. The van der Waals surface area contributed by atoms with Gasteiger partial charge in [-0.05, 0) is 18.2 Å². The number of nitrogens with one attached hydrogen (secondary N) is 2. The van der Waals surface area contributed by atoms with Crippen molar-refractivity contribution in [3.63, 3.8) is 0 Å². The first kappa shape index (κ1) is 13.5. The van der Waals surface area contributed by atoms with Crippen LogP contribution in [0.3, 0.4) is 0 Å². The van der Waals surface area contributed by atoms with Crippen molar-refractivity contribution in [2.45, 2.75) is 0 Å². The van der Waals surface area contributed by atoms with Crippen molar-refractivity contribution >= 4 is 17.4 Å². The summed E-state index contributed by atoms with van der Waals surface area (Å²) in [5.74, 6) is -0.994.